The molecule has 5 rings (SSSR count). The molecule has 8 nitrogen and oxygen atoms in total. The number of likely N-dealkylation sites (N-methyl/N-ethyl adjacent to an activating group) is 1. The maximum atomic E-state index is 13.6. The van der Waals surface area contributed by atoms with Gasteiger partial charge in [-0.25, -0.2) is 9.78 Å². The first-order valence-electron chi connectivity index (χ1n) is 12.4. The standard InChI is InChI=1S/C27H32N4O4S/c1-17(2)14-19-15-21-18(16-22(19)34-4)7-8-20-24(28-25(31(20)21)23-6-5-13-36-23)26(32)29(3)9-10-30-11-12-35-27(30)33/h5-6,13,15-17H,7-12,14H2,1-4H3. The summed E-state index contributed by atoms with van der Waals surface area (Å²) in [6.07, 6.45) is 2.11. The van der Waals surface area contributed by atoms with Crippen LogP contribution in [0.2, 0.25) is 0 Å². The van der Waals surface area contributed by atoms with Gasteiger partial charge >= 0.3 is 6.09 Å². The number of cyclic esters (lactones) is 1. The van der Waals surface area contributed by atoms with E-state index in [-0.39, 0.29) is 12.0 Å². The molecule has 3 aromatic rings. The molecule has 1 fully saturated rings. The average Bonchev–Trinajstić information content (AvgIpc) is 3.61. The summed E-state index contributed by atoms with van der Waals surface area (Å²) in [7, 11) is 3.49. The smallest absolute Gasteiger partial charge is 0.409 e. The van der Waals surface area contributed by atoms with Crippen LogP contribution in [-0.2, 0) is 24.0 Å². The predicted molar refractivity (Wildman–Crippen MR) is 139 cm³/mol. The number of carbonyl (C=O) groups excluding carboxylic acids is 2. The second-order valence-electron chi connectivity index (χ2n) is 9.76. The fourth-order valence-electron chi connectivity index (χ4n) is 4.97. The Balaban J connectivity index is 1.54. The van der Waals surface area contributed by atoms with Gasteiger partial charge in [0.1, 0.15) is 12.4 Å². The third-order valence-corrected chi connectivity index (χ3v) is 7.66. The van der Waals surface area contributed by atoms with Gasteiger partial charge in [-0.2, -0.15) is 0 Å². The fraction of sp³-hybridized carbons (Fsp3) is 0.444. The van der Waals surface area contributed by atoms with Crippen molar-refractivity contribution in [2.45, 2.75) is 33.1 Å². The third kappa shape index (κ3) is 4.48. The van der Waals surface area contributed by atoms with Gasteiger partial charge in [0.05, 0.1) is 29.9 Å². The van der Waals surface area contributed by atoms with Gasteiger partial charge in [-0.3, -0.25) is 9.36 Å². The number of methoxy groups -OCH3 is 1. The second kappa shape index (κ2) is 9.97. The predicted octanol–water partition coefficient (Wildman–Crippen LogP) is 4.43. The van der Waals surface area contributed by atoms with Crippen molar-refractivity contribution in [1.29, 1.82) is 0 Å². The highest BCUT2D eigenvalue weighted by Gasteiger charge is 2.31. The third-order valence-electron chi connectivity index (χ3n) is 6.80. The summed E-state index contributed by atoms with van der Waals surface area (Å²) >= 11 is 1.62. The SMILES string of the molecule is COc1cc2c(cc1CC(C)C)-n1c(-c3cccs3)nc(C(=O)N(C)CCN3CCOC3=O)c1CC2. The summed E-state index contributed by atoms with van der Waals surface area (Å²) in [4.78, 5) is 34.6. The molecule has 0 spiro atoms. The molecule has 0 radical (unpaired) electrons. The summed E-state index contributed by atoms with van der Waals surface area (Å²) in [6, 6.07) is 8.42. The molecule has 0 atom stereocenters. The minimum Gasteiger partial charge on any atom is -0.496 e. The van der Waals surface area contributed by atoms with Crippen LogP contribution in [0, 0.1) is 5.92 Å². The molecule has 0 aliphatic carbocycles. The lowest BCUT2D eigenvalue weighted by atomic mass is 9.94. The molecule has 4 heterocycles. The Labute approximate surface area is 215 Å². The van der Waals surface area contributed by atoms with Crippen molar-refractivity contribution in [2.75, 3.05) is 40.4 Å². The molecule has 9 heteroatoms. The van der Waals surface area contributed by atoms with E-state index in [0.29, 0.717) is 44.3 Å². The number of aromatic nitrogens is 2. The number of benzene rings is 1. The Morgan fingerprint density at radius 1 is 1.31 bits per heavy atom. The van der Waals surface area contributed by atoms with Crippen LogP contribution in [0.1, 0.15) is 41.2 Å². The van der Waals surface area contributed by atoms with Crippen molar-refractivity contribution in [1.82, 2.24) is 19.4 Å². The van der Waals surface area contributed by atoms with Crippen LogP contribution in [0.5, 0.6) is 5.75 Å². The van der Waals surface area contributed by atoms with Crippen LogP contribution in [0.25, 0.3) is 16.4 Å². The van der Waals surface area contributed by atoms with Gasteiger partial charge < -0.3 is 19.3 Å². The highest BCUT2D eigenvalue weighted by atomic mass is 32.1. The van der Waals surface area contributed by atoms with Gasteiger partial charge in [0.15, 0.2) is 11.5 Å². The summed E-state index contributed by atoms with van der Waals surface area (Å²) in [5.41, 5.74) is 4.85. The topological polar surface area (TPSA) is 76.9 Å². The number of hydrogen-bond acceptors (Lipinski definition) is 6. The number of rotatable bonds is 8. The molecule has 1 saturated heterocycles. The van der Waals surface area contributed by atoms with E-state index in [1.54, 1.807) is 35.3 Å². The number of carbonyl (C=O) groups is 2. The van der Waals surface area contributed by atoms with E-state index in [1.807, 2.05) is 17.5 Å². The number of nitrogens with zero attached hydrogens (tertiary/aromatic N) is 4. The van der Waals surface area contributed by atoms with E-state index in [0.717, 1.165) is 46.2 Å². The number of ether oxygens (including phenoxy) is 2. The molecule has 2 aliphatic rings. The van der Waals surface area contributed by atoms with Gasteiger partial charge in [-0.1, -0.05) is 19.9 Å². The summed E-state index contributed by atoms with van der Waals surface area (Å²) in [5.74, 6) is 2.06. The van der Waals surface area contributed by atoms with Gasteiger partial charge in [0.2, 0.25) is 0 Å². The summed E-state index contributed by atoms with van der Waals surface area (Å²) in [6.45, 7) is 6.22. The van der Waals surface area contributed by atoms with Crippen LogP contribution in [0.4, 0.5) is 4.79 Å². The molecular formula is C27H32N4O4S. The van der Waals surface area contributed by atoms with Crippen molar-refractivity contribution in [3.05, 3.63) is 52.2 Å². The lowest BCUT2D eigenvalue weighted by molar-refractivity contribution is 0.0776. The highest BCUT2D eigenvalue weighted by Crippen LogP contribution is 2.38. The van der Waals surface area contributed by atoms with Gasteiger partial charge in [0.25, 0.3) is 5.91 Å². The lowest BCUT2D eigenvalue weighted by Crippen LogP contribution is -2.37. The second-order valence-corrected chi connectivity index (χ2v) is 10.7. The highest BCUT2D eigenvalue weighted by molar-refractivity contribution is 7.13. The van der Waals surface area contributed by atoms with E-state index in [1.165, 1.54) is 5.56 Å². The van der Waals surface area contributed by atoms with Crippen molar-refractivity contribution in [3.8, 4) is 22.1 Å². The largest absolute Gasteiger partial charge is 0.496 e. The van der Waals surface area contributed by atoms with Crippen LogP contribution in [-0.4, -0.2) is 71.7 Å². The van der Waals surface area contributed by atoms with E-state index in [4.69, 9.17) is 14.5 Å². The number of imidazole rings is 1. The van der Waals surface area contributed by atoms with Crippen LogP contribution >= 0.6 is 11.3 Å². The maximum Gasteiger partial charge on any atom is 0.409 e. The monoisotopic (exact) mass is 508 g/mol. The first-order valence-corrected chi connectivity index (χ1v) is 13.3. The Kier molecular flexibility index (Phi) is 6.75. The Hall–Kier alpha value is -3.33. The zero-order chi connectivity index (χ0) is 25.4. The number of thiophene rings is 1. The molecule has 1 aromatic carbocycles. The minimum atomic E-state index is -0.320. The van der Waals surface area contributed by atoms with E-state index < -0.39 is 0 Å². The molecule has 2 aliphatic heterocycles. The molecule has 0 saturated carbocycles. The van der Waals surface area contributed by atoms with Crippen LogP contribution in [0.3, 0.4) is 0 Å². The number of fused-ring (bicyclic) bond motifs is 3. The summed E-state index contributed by atoms with van der Waals surface area (Å²) < 4.78 is 12.9. The zero-order valence-electron chi connectivity index (χ0n) is 21.2. The quantitative estimate of drug-likeness (QED) is 0.450. The lowest BCUT2D eigenvalue weighted by Gasteiger charge is -2.25. The van der Waals surface area contributed by atoms with Crippen molar-refractivity contribution < 1.29 is 19.1 Å². The van der Waals surface area contributed by atoms with Gasteiger partial charge in [-0.05, 0) is 59.9 Å². The maximum absolute atomic E-state index is 13.6. The Morgan fingerprint density at radius 2 is 2.14 bits per heavy atom. The van der Waals surface area contributed by atoms with Gasteiger partial charge in [-0.15, -0.1) is 11.3 Å². The average molecular weight is 509 g/mol. The zero-order valence-corrected chi connectivity index (χ0v) is 22.1. The number of amides is 2. The number of hydrogen-bond donors (Lipinski definition) is 0. The number of aryl methyl sites for hydroxylation is 1. The Morgan fingerprint density at radius 3 is 2.81 bits per heavy atom. The first kappa shape index (κ1) is 24.4. The Bertz CT molecular complexity index is 1280. The van der Waals surface area contributed by atoms with Gasteiger partial charge in [0, 0.05) is 20.1 Å². The van der Waals surface area contributed by atoms with Crippen molar-refractivity contribution in [2.24, 2.45) is 5.92 Å². The molecule has 0 N–H and O–H groups in total. The van der Waals surface area contributed by atoms with Crippen LogP contribution < -0.4 is 4.74 Å². The minimum absolute atomic E-state index is 0.131. The molecule has 2 aromatic heterocycles. The van der Waals surface area contributed by atoms with Crippen LogP contribution in [0.15, 0.2) is 29.6 Å². The summed E-state index contributed by atoms with van der Waals surface area (Å²) in [5, 5.41) is 2.03. The van der Waals surface area contributed by atoms with E-state index in [2.05, 4.69) is 30.5 Å². The molecule has 190 valence electrons. The normalized spacial score (nSPS) is 14.6. The molecule has 36 heavy (non-hydrogen) atoms. The van der Waals surface area contributed by atoms with Crippen molar-refractivity contribution in [3.63, 3.8) is 0 Å². The van der Waals surface area contributed by atoms with E-state index in [9.17, 15) is 9.59 Å². The fourth-order valence-corrected chi connectivity index (χ4v) is 5.68. The molecule has 0 bridgehead atoms. The van der Waals surface area contributed by atoms with E-state index >= 15 is 0 Å². The molecular weight excluding hydrogens is 476 g/mol. The molecule has 2 amide bonds. The first-order chi connectivity index (χ1) is 17.4. The van der Waals surface area contributed by atoms with Crippen molar-refractivity contribution >= 4 is 23.3 Å². The molecule has 0 unspecified atom stereocenters.